The summed E-state index contributed by atoms with van der Waals surface area (Å²) in [5.41, 5.74) is 4.13. The number of hydrogen-bond acceptors (Lipinski definition) is 1. The van der Waals surface area contributed by atoms with E-state index in [0.717, 1.165) is 33.5 Å². The molecule has 24 heavy (non-hydrogen) atoms. The number of nitrogens with zero attached hydrogens (tertiary/aromatic N) is 1. The summed E-state index contributed by atoms with van der Waals surface area (Å²) in [6, 6.07) is 8.42. The molecular weight excluding hydrogens is 310 g/mol. The number of rotatable bonds is 0. The predicted molar refractivity (Wildman–Crippen MR) is 102 cm³/mol. The van der Waals surface area contributed by atoms with Gasteiger partial charge in [0.25, 0.3) is 0 Å². The molecule has 5 heterocycles. The summed E-state index contributed by atoms with van der Waals surface area (Å²) >= 11 is 0. The largest absolute Gasteiger partial charge is 0.355 e. The fourth-order valence-electron chi connectivity index (χ4n) is 3.00. The Kier molecular flexibility index (Phi) is 2.96. The Balaban J connectivity index is 1.72. The van der Waals surface area contributed by atoms with Gasteiger partial charge >= 0.3 is 0 Å². The lowest BCUT2D eigenvalue weighted by Crippen LogP contribution is -2.12. The molecule has 0 aromatic carbocycles. The van der Waals surface area contributed by atoms with Gasteiger partial charge in [0.15, 0.2) is 0 Å². The topological polar surface area (TPSA) is 43.9 Å². The first kappa shape index (κ1) is 13.5. The molecule has 0 saturated heterocycles. The van der Waals surface area contributed by atoms with Gasteiger partial charge in [-0.05, 0) is 71.1 Å². The van der Waals surface area contributed by atoms with Crippen LogP contribution in [0.1, 0.15) is 11.4 Å². The highest BCUT2D eigenvalue weighted by atomic mass is 28.2. The summed E-state index contributed by atoms with van der Waals surface area (Å²) in [5.74, 6) is 0. The molecule has 0 unspecified atom stereocenters. The average Bonchev–Trinajstić information content (AvgIpc) is 3.32. The van der Waals surface area contributed by atoms with E-state index in [2.05, 4.69) is 75.7 Å². The van der Waals surface area contributed by atoms with Crippen molar-refractivity contribution in [2.45, 2.75) is 0 Å². The van der Waals surface area contributed by atoms with Crippen molar-refractivity contribution in [3.8, 4) is 0 Å². The van der Waals surface area contributed by atoms with Gasteiger partial charge < -0.3 is 9.97 Å². The SMILES string of the molecule is C1=CC2=NC1=Cc1ccc([nH]1)C=C1C=CC(=[Si]1)C=c1ccc([nH]1)=C2. The molecule has 0 amide bonds. The van der Waals surface area contributed by atoms with Gasteiger partial charge in [-0.15, -0.1) is 0 Å². The molecule has 0 fully saturated rings. The lowest BCUT2D eigenvalue weighted by molar-refractivity contribution is 1.28. The first-order chi connectivity index (χ1) is 11.8. The molecule has 2 aromatic heterocycles. The van der Waals surface area contributed by atoms with E-state index in [4.69, 9.17) is 0 Å². The molecule has 0 aliphatic carbocycles. The maximum Gasteiger partial charge on any atom is 0.0688 e. The van der Waals surface area contributed by atoms with Crippen LogP contribution in [0.15, 0.2) is 64.5 Å². The third-order valence-corrected chi connectivity index (χ3v) is 5.30. The van der Waals surface area contributed by atoms with Gasteiger partial charge in [-0.1, -0.05) is 12.2 Å². The molecule has 0 spiro atoms. The van der Waals surface area contributed by atoms with Crippen molar-refractivity contribution in [1.82, 2.24) is 9.97 Å². The number of H-pyrrole nitrogens is 2. The van der Waals surface area contributed by atoms with Gasteiger partial charge in [0.1, 0.15) is 0 Å². The van der Waals surface area contributed by atoms with Crippen LogP contribution >= 0.6 is 0 Å². The first-order valence-corrected chi connectivity index (χ1v) is 8.90. The molecule has 2 aromatic rings. The second-order valence-electron chi connectivity index (χ2n) is 5.98. The first-order valence-electron chi connectivity index (χ1n) is 7.90. The van der Waals surface area contributed by atoms with Crippen molar-refractivity contribution in [3.05, 3.63) is 81.5 Å². The van der Waals surface area contributed by atoms with Crippen LogP contribution in [0.2, 0.25) is 0 Å². The van der Waals surface area contributed by atoms with Crippen LogP contribution in [-0.2, 0) is 0 Å². The van der Waals surface area contributed by atoms with Crippen molar-refractivity contribution in [3.63, 3.8) is 0 Å². The summed E-state index contributed by atoms with van der Waals surface area (Å²) in [6.45, 7) is 0. The lowest BCUT2D eigenvalue weighted by atomic mass is 10.3. The number of hydrogen-bond donors (Lipinski definition) is 2. The van der Waals surface area contributed by atoms with E-state index < -0.39 is 0 Å². The molecule has 3 aliphatic rings. The van der Waals surface area contributed by atoms with Crippen LogP contribution in [0, 0.1) is 0 Å². The fourth-order valence-corrected chi connectivity index (χ4v) is 4.12. The third kappa shape index (κ3) is 2.57. The molecule has 3 aliphatic heterocycles. The van der Waals surface area contributed by atoms with Gasteiger partial charge in [-0.2, -0.15) is 0 Å². The minimum Gasteiger partial charge on any atom is -0.355 e. The number of fused-ring (bicyclic) bond motifs is 6. The van der Waals surface area contributed by atoms with E-state index in [1.807, 2.05) is 12.2 Å². The lowest BCUT2D eigenvalue weighted by Gasteiger charge is -1.92. The molecule has 5 rings (SSSR count). The Labute approximate surface area is 141 Å². The van der Waals surface area contributed by atoms with Crippen molar-refractivity contribution in [2.24, 2.45) is 4.99 Å². The molecule has 3 nitrogen and oxygen atoms in total. The van der Waals surface area contributed by atoms with Gasteiger partial charge in [0.2, 0.25) is 0 Å². The number of nitrogens with one attached hydrogen (secondary N) is 2. The van der Waals surface area contributed by atoms with Crippen molar-refractivity contribution in [2.75, 3.05) is 0 Å². The van der Waals surface area contributed by atoms with E-state index in [1.165, 1.54) is 10.4 Å². The minimum atomic E-state index is 0.688. The maximum absolute atomic E-state index is 4.65. The smallest absolute Gasteiger partial charge is 0.0688 e. The van der Waals surface area contributed by atoms with E-state index in [0.29, 0.717) is 9.13 Å². The molecule has 8 bridgehead atoms. The molecule has 2 N–H and O–H groups in total. The normalized spacial score (nSPS) is 17.7. The predicted octanol–water partition coefficient (Wildman–Crippen LogP) is 1.76. The van der Waals surface area contributed by atoms with E-state index in [9.17, 15) is 0 Å². The monoisotopic (exact) mass is 324 g/mol. The second-order valence-corrected chi connectivity index (χ2v) is 7.38. The Bertz CT molecular complexity index is 1060. The van der Waals surface area contributed by atoms with Crippen molar-refractivity contribution in [1.29, 1.82) is 0 Å². The van der Waals surface area contributed by atoms with E-state index in [1.54, 1.807) is 0 Å². The van der Waals surface area contributed by atoms with Crippen LogP contribution < -0.4 is 10.7 Å². The zero-order valence-electron chi connectivity index (χ0n) is 12.9. The van der Waals surface area contributed by atoms with Crippen molar-refractivity contribution >= 4 is 44.3 Å². The fraction of sp³-hybridized carbons (Fsp3) is 0. The zero-order chi connectivity index (χ0) is 15.9. The Morgan fingerprint density at radius 1 is 0.708 bits per heavy atom. The number of aliphatic imine (C=N–C) groups is 1. The summed E-state index contributed by atoms with van der Waals surface area (Å²) < 4.78 is 0. The summed E-state index contributed by atoms with van der Waals surface area (Å²) in [7, 11) is 0.688. The molecule has 4 heteroatoms. The van der Waals surface area contributed by atoms with E-state index in [-0.39, 0.29) is 0 Å². The molecule has 113 valence electrons. The quantitative estimate of drug-likeness (QED) is 0.694. The third-order valence-electron chi connectivity index (χ3n) is 4.11. The van der Waals surface area contributed by atoms with Gasteiger partial charge in [-0.25, -0.2) is 4.99 Å². The zero-order valence-corrected chi connectivity index (χ0v) is 13.9. The van der Waals surface area contributed by atoms with Crippen LogP contribution in [0.5, 0.6) is 0 Å². The molecule has 0 saturated carbocycles. The Morgan fingerprint density at radius 3 is 2.46 bits per heavy atom. The maximum atomic E-state index is 4.65. The Hall–Kier alpha value is -2.98. The van der Waals surface area contributed by atoms with Crippen molar-refractivity contribution < 1.29 is 0 Å². The molecular formula is C20H14N3Si. The van der Waals surface area contributed by atoms with Crippen LogP contribution in [0.4, 0.5) is 0 Å². The highest BCUT2D eigenvalue weighted by Gasteiger charge is 2.05. The molecule has 1 radical (unpaired) electrons. The highest BCUT2D eigenvalue weighted by molar-refractivity contribution is 6.72. The number of aromatic nitrogens is 2. The van der Waals surface area contributed by atoms with Crippen LogP contribution in [-0.4, -0.2) is 30.0 Å². The van der Waals surface area contributed by atoms with Gasteiger partial charge in [0.05, 0.1) is 20.5 Å². The highest BCUT2D eigenvalue weighted by Crippen LogP contribution is 2.16. The average molecular weight is 324 g/mol. The summed E-state index contributed by atoms with van der Waals surface area (Å²) in [6.07, 6.45) is 17.1. The summed E-state index contributed by atoms with van der Waals surface area (Å²) in [5, 5.41) is 4.88. The van der Waals surface area contributed by atoms with Gasteiger partial charge in [0, 0.05) is 22.1 Å². The van der Waals surface area contributed by atoms with Crippen LogP contribution in [0.25, 0.3) is 24.3 Å². The Morgan fingerprint density at radius 2 is 1.54 bits per heavy atom. The minimum absolute atomic E-state index is 0.688. The number of aromatic amines is 2. The van der Waals surface area contributed by atoms with Gasteiger partial charge in [-0.3, -0.25) is 0 Å². The standard InChI is InChI=1S/C20H14N3Si/c1-2-14-10-16-4-6-18(23-16)12-20-8-7-19(24-20)11-17-5-3-15(22-17)9-13(1)21-14/h1-12,22-23H. The number of allylic oxidation sites excluding steroid dienone is 5. The second kappa shape index (κ2) is 5.28. The molecule has 0 atom stereocenters. The van der Waals surface area contributed by atoms with E-state index >= 15 is 0 Å². The summed E-state index contributed by atoms with van der Waals surface area (Å²) in [4.78, 5) is 11.5. The van der Waals surface area contributed by atoms with Crippen LogP contribution in [0.3, 0.4) is 0 Å².